The molecule has 3 nitrogen and oxygen atoms in total. The van der Waals surface area contributed by atoms with Crippen molar-refractivity contribution in [2.45, 2.75) is 0 Å². The molecule has 0 atom stereocenters. The van der Waals surface area contributed by atoms with E-state index in [9.17, 15) is 4.79 Å². The summed E-state index contributed by atoms with van der Waals surface area (Å²) in [5.41, 5.74) is 0.579. The van der Waals surface area contributed by atoms with Crippen molar-refractivity contribution in [2.24, 2.45) is 0 Å². The molecule has 0 aromatic heterocycles. The molecule has 2 rings (SSSR count). The van der Waals surface area contributed by atoms with Gasteiger partial charge in [0.1, 0.15) is 12.4 Å². The van der Waals surface area contributed by atoms with Crippen LogP contribution in [-0.4, -0.2) is 19.1 Å². The summed E-state index contributed by atoms with van der Waals surface area (Å²) in [4.78, 5) is 11.8. The molecule has 0 bridgehead atoms. The highest BCUT2D eigenvalue weighted by Gasteiger charge is 2.04. The summed E-state index contributed by atoms with van der Waals surface area (Å²) in [6.45, 7) is 0.838. The first-order valence-corrected chi connectivity index (χ1v) is 7.25. The van der Waals surface area contributed by atoms with Gasteiger partial charge in [0.15, 0.2) is 0 Å². The second-order valence-electron chi connectivity index (χ2n) is 4.04. The van der Waals surface area contributed by atoms with Gasteiger partial charge in [-0.25, -0.2) is 0 Å². The van der Waals surface area contributed by atoms with Crippen LogP contribution in [0, 0.1) is 0 Å². The van der Waals surface area contributed by atoms with Gasteiger partial charge in [-0.3, -0.25) is 4.79 Å². The van der Waals surface area contributed by atoms with E-state index < -0.39 is 0 Å². The highest BCUT2D eigenvalue weighted by molar-refractivity contribution is 9.10. The van der Waals surface area contributed by atoms with Crippen molar-refractivity contribution in [1.29, 1.82) is 0 Å². The quantitative estimate of drug-likeness (QED) is 0.827. The van der Waals surface area contributed by atoms with Crippen LogP contribution in [0.4, 0.5) is 0 Å². The summed E-state index contributed by atoms with van der Waals surface area (Å²) >= 11 is 9.17. The Labute approximate surface area is 131 Å². The smallest absolute Gasteiger partial charge is 0.251 e. The maximum atomic E-state index is 11.8. The van der Waals surface area contributed by atoms with Crippen molar-refractivity contribution < 1.29 is 9.53 Å². The molecule has 0 unspecified atom stereocenters. The minimum Gasteiger partial charge on any atom is -0.491 e. The zero-order chi connectivity index (χ0) is 14.4. The van der Waals surface area contributed by atoms with Gasteiger partial charge in [0.05, 0.1) is 11.0 Å². The number of hydrogen-bond acceptors (Lipinski definition) is 2. The van der Waals surface area contributed by atoms with E-state index in [0.29, 0.717) is 23.7 Å². The van der Waals surface area contributed by atoms with Gasteiger partial charge in [0.2, 0.25) is 0 Å². The van der Waals surface area contributed by atoms with E-state index in [4.69, 9.17) is 16.3 Å². The predicted molar refractivity (Wildman–Crippen MR) is 83.4 cm³/mol. The molecule has 1 amide bonds. The average molecular weight is 355 g/mol. The van der Waals surface area contributed by atoms with Gasteiger partial charge in [0.25, 0.3) is 5.91 Å². The Bertz CT molecular complexity index is 587. The van der Waals surface area contributed by atoms with Crippen LogP contribution in [0.25, 0.3) is 0 Å². The fourth-order valence-corrected chi connectivity index (χ4v) is 2.12. The van der Waals surface area contributed by atoms with Gasteiger partial charge in [-0.15, -0.1) is 0 Å². The molecule has 0 heterocycles. The number of benzene rings is 2. The van der Waals surface area contributed by atoms with E-state index in [-0.39, 0.29) is 5.91 Å². The van der Waals surface area contributed by atoms with Crippen molar-refractivity contribution in [3.05, 3.63) is 63.6 Å². The van der Waals surface area contributed by atoms with Crippen LogP contribution in [0.2, 0.25) is 5.02 Å². The molecule has 20 heavy (non-hydrogen) atoms. The number of nitrogens with one attached hydrogen (secondary N) is 1. The predicted octanol–water partition coefficient (Wildman–Crippen LogP) is 3.91. The second-order valence-corrected chi connectivity index (χ2v) is 5.33. The summed E-state index contributed by atoms with van der Waals surface area (Å²) in [7, 11) is 0. The van der Waals surface area contributed by atoms with Gasteiger partial charge in [-0.2, -0.15) is 0 Å². The molecule has 0 saturated carbocycles. The van der Waals surface area contributed by atoms with Crippen molar-refractivity contribution in [3.63, 3.8) is 0 Å². The van der Waals surface area contributed by atoms with E-state index in [1.807, 2.05) is 24.3 Å². The molecule has 0 fully saturated rings. The molecule has 0 radical (unpaired) electrons. The lowest BCUT2D eigenvalue weighted by molar-refractivity contribution is 0.0947. The summed E-state index contributed by atoms with van der Waals surface area (Å²) in [6.07, 6.45) is 0. The zero-order valence-corrected chi connectivity index (χ0v) is 12.9. The normalized spacial score (nSPS) is 10.1. The highest BCUT2D eigenvalue weighted by atomic mass is 79.9. The Morgan fingerprint density at radius 1 is 1.15 bits per heavy atom. The van der Waals surface area contributed by atoms with Gasteiger partial charge >= 0.3 is 0 Å². The maximum Gasteiger partial charge on any atom is 0.251 e. The van der Waals surface area contributed by atoms with Gasteiger partial charge < -0.3 is 10.1 Å². The molecule has 104 valence electrons. The number of amides is 1. The van der Waals surface area contributed by atoms with Gasteiger partial charge in [-0.1, -0.05) is 23.7 Å². The van der Waals surface area contributed by atoms with E-state index >= 15 is 0 Å². The Hall–Kier alpha value is -1.52. The molecular formula is C15H13BrClNO2. The van der Waals surface area contributed by atoms with Crippen molar-refractivity contribution >= 4 is 33.4 Å². The van der Waals surface area contributed by atoms with E-state index in [2.05, 4.69) is 21.2 Å². The Kier molecular flexibility index (Phi) is 5.44. The van der Waals surface area contributed by atoms with Crippen LogP contribution in [-0.2, 0) is 0 Å². The lowest BCUT2D eigenvalue weighted by atomic mass is 10.2. The van der Waals surface area contributed by atoms with Crippen LogP contribution >= 0.6 is 27.5 Å². The van der Waals surface area contributed by atoms with Crippen LogP contribution in [0.5, 0.6) is 5.75 Å². The molecule has 2 aromatic carbocycles. The van der Waals surface area contributed by atoms with E-state index in [1.165, 1.54) is 0 Å². The lowest BCUT2D eigenvalue weighted by Gasteiger charge is -2.09. The third-order valence-corrected chi connectivity index (χ3v) is 3.50. The largest absolute Gasteiger partial charge is 0.491 e. The van der Waals surface area contributed by atoms with Crippen LogP contribution < -0.4 is 10.1 Å². The molecule has 0 aliphatic heterocycles. The van der Waals surface area contributed by atoms with Gasteiger partial charge in [0, 0.05) is 10.6 Å². The summed E-state index contributed by atoms with van der Waals surface area (Å²) in [5, 5.41) is 3.40. The first kappa shape index (κ1) is 14.9. The Morgan fingerprint density at radius 3 is 2.55 bits per heavy atom. The Balaban J connectivity index is 1.77. The van der Waals surface area contributed by atoms with Crippen LogP contribution in [0.3, 0.4) is 0 Å². The fraction of sp³-hybridized carbons (Fsp3) is 0.133. The average Bonchev–Trinajstić information content (AvgIpc) is 2.46. The molecule has 0 aliphatic carbocycles. The third-order valence-electron chi connectivity index (χ3n) is 2.59. The van der Waals surface area contributed by atoms with E-state index in [0.717, 1.165) is 10.2 Å². The number of rotatable bonds is 5. The second kappa shape index (κ2) is 7.31. The molecule has 1 N–H and O–H groups in total. The topological polar surface area (TPSA) is 38.3 Å². The third kappa shape index (κ3) is 4.25. The van der Waals surface area contributed by atoms with Crippen molar-refractivity contribution in [2.75, 3.05) is 13.2 Å². The number of carbonyl (C=O) groups is 1. The molecule has 5 heteroatoms. The maximum absolute atomic E-state index is 11.8. The van der Waals surface area contributed by atoms with Crippen LogP contribution in [0.15, 0.2) is 53.0 Å². The van der Waals surface area contributed by atoms with E-state index in [1.54, 1.807) is 24.3 Å². The minimum atomic E-state index is -0.141. The molecule has 2 aromatic rings. The minimum absolute atomic E-state index is 0.141. The fourth-order valence-electron chi connectivity index (χ4n) is 1.59. The lowest BCUT2D eigenvalue weighted by Crippen LogP contribution is -2.28. The monoisotopic (exact) mass is 353 g/mol. The first-order valence-electron chi connectivity index (χ1n) is 6.08. The Morgan fingerprint density at radius 2 is 1.85 bits per heavy atom. The molecule has 0 spiro atoms. The van der Waals surface area contributed by atoms with Crippen LogP contribution in [0.1, 0.15) is 10.4 Å². The van der Waals surface area contributed by atoms with Crippen molar-refractivity contribution in [1.82, 2.24) is 5.32 Å². The number of para-hydroxylation sites is 1. The zero-order valence-electron chi connectivity index (χ0n) is 10.6. The number of halogens is 2. The van der Waals surface area contributed by atoms with Gasteiger partial charge in [-0.05, 0) is 52.3 Å². The SMILES string of the molecule is O=C(NCCOc1ccccc1Br)c1ccc(Cl)cc1. The summed E-state index contributed by atoms with van der Waals surface area (Å²) in [6, 6.07) is 14.3. The number of hydrogen-bond donors (Lipinski definition) is 1. The molecular weight excluding hydrogens is 342 g/mol. The standard InChI is InChI=1S/C15H13BrClNO2/c16-13-3-1-2-4-14(13)20-10-9-18-15(19)11-5-7-12(17)8-6-11/h1-8H,9-10H2,(H,18,19). The molecule has 0 saturated heterocycles. The number of ether oxygens (including phenoxy) is 1. The highest BCUT2D eigenvalue weighted by Crippen LogP contribution is 2.23. The van der Waals surface area contributed by atoms with Crippen molar-refractivity contribution in [3.8, 4) is 5.75 Å². The number of carbonyl (C=O) groups excluding carboxylic acids is 1. The molecule has 0 aliphatic rings. The summed E-state index contributed by atoms with van der Waals surface area (Å²) in [5.74, 6) is 0.616. The first-order chi connectivity index (χ1) is 9.66. The summed E-state index contributed by atoms with van der Waals surface area (Å²) < 4.78 is 6.45.